The van der Waals surface area contributed by atoms with Crippen molar-refractivity contribution in [1.82, 2.24) is 30.0 Å². The first-order chi connectivity index (χ1) is 12.8. The van der Waals surface area contributed by atoms with Gasteiger partial charge < -0.3 is 15.2 Å². The first-order valence-electron chi connectivity index (χ1n) is 7.84. The van der Waals surface area contributed by atoms with Crippen molar-refractivity contribution >= 4 is 17.6 Å². The van der Waals surface area contributed by atoms with Crippen molar-refractivity contribution in [2.24, 2.45) is 0 Å². The molecule has 2 N–H and O–H groups in total. The van der Waals surface area contributed by atoms with Crippen LogP contribution >= 0.6 is 0 Å². The highest BCUT2D eigenvalue weighted by atomic mass is 16.5. The van der Waals surface area contributed by atoms with Gasteiger partial charge in [0.2, 0.25) is 0 Å². The molecule has 0 unspecified atom stereocenters. The summed E-state index contributed by atoms with van der Waals surface area (Å²) in [5.74, 6) is -0.945. The summed E-state index contributed by atoms with van der Waals surface area (Å²) in [6.07, 6.45) is 4.23. The average molecular weight is 371 g/mol. The van der Waals surface area contributed by atoms with Gasteiger partial charge in [0.15, 0.2) is 5.54 Å². The maximum Gasteiger partial charge on any atom is 0.331 e. The van der Waals surface area contributed by atoms with Gasteiger partial charge in [-0.25, -0.2) is 4.79 Å². The van der Waals surface area contributed by atoms with Crippen molar-refractivity contribution in [3.8, 4) is 11.4 Å². The van der Waals surface area contributed by atoms with E-state index in [2.05, 4.69) is 25.9 Å². The molecule has 0 aliphatic carbocycles. The van der Waals surface area contributed by atoms with Crippen molar-refractivity contribution in [3.63, 3.8) is 0 Å². The number of carboxylic acid groups (broad SMARTS) is 1. The van der Waals surface area contributed by atoms with Crippen LogP contribution in [0, 0.1) is 0 Å². The molecule has 3 rings (SSSR count). The number of aliphatic carboxylic acids is 1. The number of carboxylic acids is 1. The van der Waals surface area contributed by atoms with Crippen LogP contribution in [0.3, 0.4) is 0 Å². The fraction of sp³-hybridized carbons (Fsp3) is 0.250. The molecule has 0 radical (unpaired) electrons. The van der Waals surface area contributed by atoms with Crippen LogP contribution in [0.4, 0.5) is 5.69 Å². The lowest BCUT2D eigenvalue weighted by Gasteiger charge is -2.19. The lowest BCUT2D eigenvalue weighted by Crippen LogP contribution is -2.35. The van der Waals surface area contributed by atoms with Crippen molar-refractivity contribution in [1.29, 1.82) is 0 Å². The number of aromatic nitrogens is 6. The number of anilines is 1. The molecule has 1 amide bonds. The van der Waals surface area contributed by atoms with Crippen LogP contribution in [0.1, 0.15) is 24.2 Å². The normalized spacial score (nSPS) is 11.2. The van der Waals surface area contributed by atoms with Crippen LogP contribution in [0.2, 0.25) is 0 Å². The van der Waals surface area contributed by atoms with E-state index in [0.717, 1.165) is 0 Å². The number of methoxy groups -OCH3 is 1. The van der Waals surface area contributed by atoms with Crippen molar-refractivity contribution < 1.29 is 19.4 Å². The van der Waals surface area contributed by atoms with Crippen LogP contribution in [-0.4, -0.2) is 54.1 Å². The predicted octanol–water partition coefficient (Wildman–Crippen LogP) is 0.939. The highest BCUT2D eigenvalue weighted by Gasteiger charge is 2.30. The van der Waals surface area contributed by atoms with Crippen LogP contribution < -0.4 is 10.1 Å². The summed E-state index contributed by atoms with van der Waals surface area (Å²) in [4.78, 5) is 23.9. The highest BCUT2D eigenvalue weighted by molar-refractivity contribution is 6.04. The van der Waals surface area contributed by atoms with E-state index in [4.69, 9.17) is 4.74 Å². The third-order valence-electron chi connectivity index (χ3n) is 3.97. The van der Waals surface area contributed by atoms with Gasteiger partial charge in [-0.15, -0.1) is 5.10 Å². The number of ether oxygens (including phenoxy) is 1. The smallest absolute Gasteiger partial charge is 0.331 e. The third kappa shape index (κ3) is 3.47. The monoisotopic (exact) mass is 371 g/mol. The fourth-order valence-corrected chi connectivity index (χ4v) is 2.28. The zero-order valence-electron chi connectivity index (χ0n) is 14.8. The van der Waals surface area contributed by atoms with E-state index in [1.807, 2.05) is 0 Å². The van der Waals surface area contributed by atoms with Crippen molar-refractivity contribution in [2.75, 3.05) is 12.4 Å². The van der Waals surface area contributed by atoms with E-state index in [9.17, 15) is 14.7 Å². The van der Waals surface area contributed by atoms with E-state index < -0.39 is 17.4 Å². The van der Waals surface area contributed by atoms with Gasteiger partial charge >= 0.3 is 5.97 Å². The summed E-state index contributed by atoms with van der Waals surface area (Å²) < 4.78 is 7.92. The maximum absolute atomic E-state index is 12.6. The Morgan fingerprint density at radius 1 is 1.30 bits per heavy atom. The van der Waals surface area contributed by atoms with Gasteiger partial charge in [-0.2, -0.15) is 9.78 Å². The third-order valence-corrected chi connectivity index (χ3v) is 3.97. The van der Waals surface area contributed by atoms with Gasteiger partial charge in [0.05, 0.1) is 19.0 Å². The summed E-state index contributed by atoms with van der Waals surface area (Å²) in [6.45, 7) is 3.02. The zero-order valence-corrected chi connectivity index (χ0v) is 14.8. The lowest BCUT2D eigenvalue weighted by molar-refractivity contribution is -0.146. The molecule has 0 bridgehead atoms. The Hall–Kier alpha value is -3.76. The van der Waals surface area contributed by atoms with Crippen molar-refractivity contribution in [2.45, 2.75) is 19.4 Å². The SMILES string of the molecule is COc1ccc(C(=O)Nc2cnn(C(C)(C)C(=O)O)c2)cc1-n1cnnn1. The Labute approximate surface area is 153 Å². The first-order valence-corrected chi connectivity index (χ1v) is 7.84. The quantitative estimate of drug-likeness (QED) is 0.653. The molecule has 2 aromatic heterocycles. The Bertz CT molecular complexity index is 979. The van der Waals surface area contributed by atoms with E-state index in [0.29, 0.717) is 22.7 Å². The molecule has 140 valence electrons. The van der Waals surface area contributed by atoms with Gasteiger partial charge in [0.1, 0.15) is 17.8 Å². The second-order valence-electron chi connectivity index (χ2n) is 6.13. The lowest BCUT2D eigenvalue weighted by atomic mass is 10.1. The van der Waals surface area contributed by atoms with Crippen LogP contribution in [0.25, 0.3) is 5.69 Å². The second kappa shape index (κ2) is 6.86. The number of nitrogens with zero attached hydrogens (tertiary/aromatic N) is 6. The zero-order chi connectivity index (χ0) is 19.6. The molecule has 0 saturated carbocycles. The van der Waals surface area contributed by atoms with E-state index in [1.165, 1.54) is 49.0 Å². The van der Waals surface area contributed by atoms with Gasteiger partial charge in [0, 0.05) is 11.8 Å². The van der Waals surface area contributed by atoms with E-state index in [1.54, 1.807) is 18.2 Å². The van der Waals surface area contributed by atoms with Gasteiger partial charge in [0.25, 0.3) is 5.91 Å². The number of rotatable bonds is 6. The Morgan fingerprint density at radius 3 is 2.70 bits per heavy atom. The molecule has 0 spiro atoms. The minimum atomic E-state index is -1.24. The fourth-order valence-electron chi connectivity index (χ4n) is 2.28. The molecule has 0 fully saturated rings. The average Bonchev–Trinajstić information content (AvgIpc) is 3.33. The number of nitrogens with one attached hydrogen (secondary N) is 1. The summed E-state index contributed by atoms with van der Waals surface area (Å²) in [6, 6.07) is 4.80. The molecular weight excluding hydrogens is 354 g/mol. The number of tetrazole rings is 1. The highest BCUT2D eigenvalue weighted by Crippen LogP contribution is 2.24. The summed E-state index contributed by atoms with van der Waals surface area (Å²) in [5.41, 5.74) is -0.0328. The molecule has 0 aliphatic rings. The molecule has 27 heavy (non-hydrogen) atoms. The van der Waals surface area contributed by atoms with Gasteiger partial charge in [-0.05, 0) is 42.5 Å². The molecule has 3 aromatic rings. The first kappa shape index (κ1) is 18.0. The number of benzene rings is 1. The molecule has 11 nitrogen and oxygen atoms in total. The van der Waals surface area contributed by atoms with Crippen LogP contribution in [0.15, 0.2) is 36.9 Å². The minimum Gasteiger partial charge on any atom is -0.494 e. The topological polar surface area (TPSA) is 137 Å². The van der Waals surface area contributed by atoms with Crippen LogP contribution in [-0.2, 0) is 10.3 Å². The van der Waals surface area contributed by atoms with Gasteiger partial charge in [-0.1, -0.05) is 0 Å². The number of carbonyl (C=O) groups excluding carboxylic acids is 1. The second-order valence-corrected chi connectivity index (χ2v) is 6.13. The summed E-state index contributed by atoms with van der Waals surface area (Å²) in [7, 11) is 1.50. The number of hydrogen-bond donors (Lipinski definition) is 2. The molecule has 0 saturated heterocycles. The molecular formula is C16H17N7O4. The molecule has 2 heterocycles. The summed E-state index contributed by atoms with van der Waals surface area (Å²) >= 11 is 0. The van der Waals surface area contributed by atoms with Crippen LogP contribution in [0.5, 0.6) is 5.75 Å². The molecule has 1 aromatic carbocycles. The number of hydrogen-bond acceptors (Lipinski definition) is 7. The number of amides is 1. The number of carbonyl (C=O) groups is 2. The summed E-state index contributed by atoms with van der Waals surface area (Å²) in [5, 5.41) is 26.9. The Morgan fingerprint density at radius 2 is 2.07 bits per heavy atom. The molecule has 0 atom stereocenters. The Kier molecular flexibility index (Phi) is 4.59. The van der Waals surface area contributed by atoms with Crippen molar-refractivity contribution in [3.05, 3.63) is 42.5 Å². The Balaban J connectivity index is 1.84. The molecule has 11 heteroatoms. The predicted molar refractivity (Wildman–Crippen MR) is 92.8 cm³/mol. The van der Waals surface area contributed by atoms with E-state index >= 15 is 0 Å². The maximum atomic E-state index is 12.6. The minimum absolute atomic E-state index is 0.339. The van der Waals surface area contributed by atoms with E-state index in [-0.39, 0.29) is 0 Å². The molecule has 0 aliphatic heterocycles. The van der Waals surface area contributed by atoms with Gasteiger partial charge in [-0.3, -0.25) is 9.48 Å². The standard InChI is InChI=1S/C16H17N7O4/c1-16(2,15(25)26)23-8-11(7-18-23)19-14(24)10-4-5-13(27-3)12(6-10)22-9-17-20-21-22/h4-9H,1-3H3,(H,19,24)(H,25,26). The largest absolute Gasteiger partial charge is 0.494 e.